The van der Waals surface area contributed by atoms with E-state index in [9.17, 15) is 9.59 Å². The molecule has 3 atom stereocenters. The summed E-state index contributed by atoms with van der Waals surface area (Å²) >= 11 is 0. The average molecular weight is 153 g/mol. The molecule has 2 nitrogen and oxygen atoms in total. The highest BCUT2D eigenvalue weighted by Gasteiger charge is 2.32. The molecular formula is C9H13O2. The summed E-state index contributed by atoms with van der Waals surface area (Å²) in [5, 5.41) is 0. The van der Waals surface area contributed by atoms with Crippen molar-refractivity contribution in [3.05, 3.63) is 0 Å². The second-order valence-corrected chi connectivity index (χ2v) is 3.38. The predicted molar refractivity (Wildman–Crippen MR) is 41.8 cm³/mol. The molecule has 61 valence electrons. The normalized spacial score (nSPS) is 37.0. The van der Waals surface area contributed by atoms with Gasteiger partial charge >= 0.3 is 0 Å². The first kappa shape index (κ1) is 8.44. The van der Waals surface area contributed by atoms with Crippen LogP contribution in [-0.4, -0.2) is 12.6 Å². The van der Waals surface area contributed by atoms with Crippen molar-refractivity contribution < 1.29 is 9.59 Å². The summed E-state index contributed by atoms with van der Waals surface area (Å²) in [4.78, 5) is 20.7. The van der Waals surface area contributed by atoms with Crippen molar-refractivity contribution in [2.24, 2.45) is 17.8 Å². The molecule has 0 heterocycles. The third kappa shape index (κ3) is 1.67. The smallest absolute Gasteiger partial charge is 0.198 e. The van der Waals surface area contributed by atoms with Crippen molar-refractivity contribution in [1.29, 1.82) is 0 Å². The molecule has 0 aromatic carbocycles. The van der Waals surface area contributed by atoms with E-state index in [0.717, 1.165) is 19.1 Å². The van der Waals surface area contributed by atoms with Gasteiger partial charge in [-0.2, -0.15) is 0 Å². The molecule has 1 rings (SSSR count). The Hall–Kier alpha value is -0.660. The topological polar surface area (TPSA) is 34.1 Å². The summed E-state index contributed by atoms with van der Waals surface area (Å²) in [6.45, 7) is 2.07. The first-order valence-corrected chi connectivity index (χ1v) is 4.10. The van der Waals surface area contributed by atoms with Crippen LogP contribution in [0.25, 0.3) is 0 Å². The number of hydrogen-bond acceptors (Lipinski definition) is 2. The number of carbonyl (C=O) groups excluding carboxylic acids is 2. The van der Waals surface area contributed by atoms with E-state index in [4.69, 9.17) is 0 Å². The van der Waals surface area contributed by atoms with E-state index >= 15 is 0 Å². The summed E-state index contributed by atoms with van der Waals surface area (Å²) in [6.07, 6.45) is 5.42. The zero-order valence-corrected chi connectivity index (χ0v) is 6.75. The minimum atomic E-state index is 0.108. The van der Waals surface area contributed by atoms with Crippen molar-refractivity contribution in [1.82, 2.24) is 0 Å². The van der Waals surface area contributed by atoms with E-state index in [2.05, 4.69) is 6.92 Å². The average Bonchev–Trinajstić information content (AvgIpc) is 2.33. The number of aldehydes is 1. The second-order valence-electron chi connectivity index (χ2n) is 3.38. The third-order valence-electron chi connectivity index (χ3n) is 2.70. The molecule has 11 heavy (non-hydrogen) atoms. The van der Waals surface area contributed by atoms with Gasteiger partial charge < -0.3 is 4.79 Å². The van der Waals surface area contributed by atoms with E-state index in [1.165, 1.54) is 0 Å². The second kappa shape index (κ2) is 3.65. The highest BCUT2D eigenvalue weighted by molar-refractivity contribution is 5.58. The Kier molecular flexibility index (Phi) is 2.80. The Labute approximate surface area is 67.0 Å². The zero-order chi connectivity index (χ0) is 8.27. The van der Waals surface area contributed by atoms with Crippen molar-refractivity contribution in [2.75, 3.05) is 0 Å². The van der Waals surface area contributed by atoms with Crippen LogP contribution in [-0.2, 0) is 9.59 Å². The molecule has 1 radical (unpaired) electrons. The maximum atomic E-state index is 10.6. The number of carbonyl (C=O) groups is 1. The molecule has 3 unspecified atom stereocenters. The van der Waals surface area contributed by atoms with Gasteiger partial charge in [0.1, 0.15) is 6.29 Å². The molecule has 1 fully saturated rings. The fourth-order valence-electron chi connectivity index (χ4n) is 1.92. The van der Waals surface area contributed by atoms with Crippen LogP contribution >= 0.6 is 0 Å². The van der Waals surface area contributed by atoms with E-state index in [1.807, 2.05) is 6.29 Å². The van der Waals surface area contributed by atoms with E-state index < -0.39 is 0 Å². The molecule has 0 spiro atoms. The van der Waals surface area contributed by atoms with Gasteiger partial charge in [-0.1, -0.05) is 6.92 Å². The van der Waals surface area contributed by atoms with Crippen molar-refractivity contribution >= 4 is 12.6 Å². The SMILES string of the molecule is CC1CCC(C[C]=O)C1C=O. The van der Waals surface area contributed by atoms with Crippen LogP contribution in [0, 0.1) is 17.8 Å². The Bertz CT molecular complexity index is 154. The van der Waals surface area contributed by atoms with Crippen LogP contribution in [0.4, 0.5) is 0 Å². The summed E-state index contributed by atoms with van der Waals surface area (Å²) in [5.74, 6) is 0.849. The fraction of sp³-hybridized carbons (Fsp3) is 0.778. The quantitative estimate of drug-likeness (QED) is 0.573. The van der Waals surface area contributed by atoms with Crippen molar-refractivity contribution in [3.8, 4) is 0 Å². The lowest BCUT2D eigenvalue weighted by atomic mass is 9.90. The standard InChI is InChI=1S/C9H13O2/c1-7-2-3-8(4-5-10)9(7)6-11/h6-9H,2-4H2,1H3. The van der Waals surface area contributed by atoms with E-state index in [0.29, 0.717) is 12.3 Å². The first-order chi connectivity index (χ1) is 5.29. The summed E-state index contributed by atoms with van der Waals surface area (Å²) in [7, 11) is 0. The number of hydrogen-bond donors (Lipinski definition) is 0. The van der Waals surface area contributed by atoms with E-state index in [-0.39, 0.29) is 11.8 Å². The van der Waals surface area contributed by atoms with Crippen LogP contribution in [0.3, 0.4) is 0 Å². The van der Waals surface area contributed by atoms with Crippen molar-refractivity contribution in [3.63, 3.8) is 0 Å². The van der Waals surface area contributed by atoms with Gasteiger partial charge in [-0.05, 0) is 24.7 Å². The van der Waals surface area contributed by atoms with E-state index in [1.54, 1.807) is 0 Å². The largest absolute Gasteiger partial charge is 0.303 e. The van der Waals surface area contributed by atoms with Gasteiger partial charge in [-0.3, -0.25) is 4.79 Å². The lowest BCUT2D eigenvalue weighted by Crippen LogP contribution is -2.14. The van der Waals surface area contributed by atoms with Gasteiger partial charge in [-0.15, -0.1) is 0 Å². The Morgan fingerprint density at radius 3 is 2.82 bits per heavy atom. The molecule has 0 bridgehead atoms. The van der Waals surface area contributed by atoms with Gasteiger partial charge in [0.15, 0.2) is 6.29 Å². The zero-order valence-electron chi connectivity index (χ0n) is 6.75. The summed E-state index contributed by atoms with van der Waals surface area (Å²) in [5.41, 5.74) is 0. The lowest BCUT2D eigenvalue weighted by Gasteiger charge is -2.12. The monoisotopic (exact) mass is 153 g/mol. The molecule has 1 aliphatic rings. The van der Waals surface area contributed by atoms with Crippen LogP contribution < -0.4 is 0 Å². The summed E-state index contributed by atoms with van der Waals surface area (Å²) in [6, 6.07) is 0. The molecule has 0 saturated heterocycles. The minimum Gasteiger partial charge on any atom is -0.303 e. The molecule has 0 amide bonds. The summed E-state index contributed by atoms with van der Waals surface area (Å²) < 4.78 is 0. The maximum absolute atomic E-state index is 10.6. The number of rotatable bonds is 3. The lowest BCUT2D eigenvalue weighted by molar-refractivity contribution is -0.112. The molecule has 1 aliphatic carbocycles. The van der Waals surface area contributed by atoms with Crippen LogP contribution in [0.5, 0.6) is 0 Å². The van der Waals surface area contributed by atoms with Gasteiger partial charge in [0.05, 0.1) is 0 Å². The molecule has 0 aromatic heterocycles. The fourth-order valence-corrected chi connectivity index (χ4v) is 1.92. The Morgan fingerprint density at radius 1 is 1.55 bits per heavy atom. The third-order valence-corrected chi connectivity index (χ3v) is 2.70. The first-order valence-electron chi connectivity index (χ1n) is 4.10. The highest BCUT2D eigenvalue weighted by atomic mass is 16.1. The minimum absolute atomic E-state index is 0.108. The Balaban J connectivity index is 2.53. The molecule has 0 aromatic rings. The van der Waals surface area contributed by atoms with Gasteiger partial charge in [0.2, 0.25) is 0 Å². The molecule has 1 saturated carbocycles. The Morgan fingerprint density at radius 2 is 2.27 bits per heavy atom. The van der Waals surface area contributed by atoms with Crippen LogP contribution in [0.1, 0.15) is 26.2 Å². The van der Waals surface area contributed by atoms with Gasteiger partial charge in [0, 0.05) is 12.3 Å². The molecule has 2 heteroatoms. The van der Waals surface area contributed by atoms with Crippen LogP contribution in [0.15, 0.2) is 0 Å². The van der Waals surface area contributed by atoms with Crippen molar-refractivity contribution in [2.45, 2.75) is 26.2 Å². The van der Waals surface area contributed by atoms with Gasteiger partial charge in [0.25, 0.3) is 0 Å². The van der Waals surface area contributed by atoms with Gasteiger partial charge in [-0.25, -0.2) is 0 Å². The molecule has 0 aliphatic heterocycles. The highest BCUT2D eigenvalue weighted by Crippen LogP contribution is 2.36. The molecular weight excluding hydrogens is 140 g/mol. The maximum Gasteiger partial charge on any atom is 0.198 e. The molecule has 0 N–H and O–H groups in total. The predicted octanol–water partition coefficient (Wildman–Crippen LogP) is 1.35. The van der Waals surface area contributed by atoms with Crippen LogP contribution in [0.2, 0.25) is 0 Å².